The predicted molar refractivity (Wildman–Crippen MR) is 73.4 cm³/mol. The van der Waals surface area contributed by atoms with Crippen LogP contribution in [-0.4, -0.2) is 29.7 Å². The van der Waals surface area contributed by atoms with Crippen molar-refractivity contribution in [1.29, 1.82) is 0 Å². The molecule has 0 atom stereocenters. The Kier molecular flexibility index (Phi) is 2.98. The van der Waals surface area contributed by atoms with Crippen molar-refractivity contribution in [1.82, 2.24) is 5.32 Å². The van der Waals surface area contributed by atoms with Gasteiger partial charge in [-0.3, -0.25) is 20.3 Å². The zero-order chi connectivity index (χ0) is 15.0. The van der Waals surface area contributed by atoms with Crippen molar-refractivity contribution < 1.29 is 23.9 Å². The molecule has 0 aliphatic carbocycles. The van der Waals surface area contributed by atoms with E-state index in [0.29, 0.717) is 22.3 Å². The van der Waals surface area contributed by atoms with Gasteiger partial charge in [-0.1, -0.05) is 0 Å². The number of hydrogen-bond donors (Lipinski definition) is 3. The molecule has 8 nitrogen and oxygen atoms in total. The maximum Gasteiger partial charge on any atom is 0.409 e. The molecule has 8 heteroatoms. The van der Waals surface area contributed by atoms with E-state index in [4.69, 9.17) is 9.52 Å². The number of carbonyl (C=O) groups is 3. The van der Waals surface area contributed by atoms with Crippen molar-refractivity contribution >= 4 is 40.4 Å². The highest BCUT2D eigenvalue weighted by atomic mass is 16.4. The standard InChI is InChI=1S/C13H11N3O5/c17-11-3-4-16(12(18)15-11)9-6-21-10-2-1-7(5-8(9)10)14-13(19)20/h1-2,5-6,14H,3-4H2,(H,19,20)(H,15,17,18). The van der Waals surface area contributed by atoms with Gasteiger partial charge in [-0.25, -0.2) is 9.59 Å². The number of furan rings is 1. The fourth-order valence-electron chi connectivity index (χ4n) is 2.22. The highest BCUT2D eigenvalue weighted by Crippen LogP contribution is 2.32. The van der Waals surface area contributed by atoms with Crippen LogP contribution in [0.15, 0.2) is 28.9 Å². The van der Waals surface area contributed by atoms with Gasteiger partial charge in [0, 0.05) is 24.0 Å². The normalized spacial score (nSPS) is 15.1. The first-order valence-corrected chi connectivity index (χ1v) is 6.17. The summed E-state index contributed by atoms with van der Waals surface area (Å²) in [5, 5.41) is 13.8. The number of fused-ring (bicyclic) bond motifs is 1. The van der Waals surface area contributed by atoms with Gasteiger partial charge in [-0.05, 0) is 18.2 Å². The van der Waals surface area contributed by atoms with Crippen molar-refractivity contribution in [3.63, 3.8) is 0 Å². The van der Waals surface area contributed by atoms with Crippen LogP contribution >= 0.6 is 0 Å². The number of nitrogens with zero attached hydrogens (tertiary/aromatic N) is 1. The second-order valence-electron chi connectivity index (χ2n) is 4.52. The fraction of sp³-hybridized carbons (Fsp3) is 0.154. The molecule has 1 aliphatic heterocycles. The molecular weight excluding hydrogens is 278 g/mol. The van der Waals surface area contributed by atoms with E-state index in [9.17, 15) is 14.4 Å². The SMILES string of the molecule is O=C(O)Nc1ccc2occ(N3CCC(=O)NC3=O)c2c1. The Hall–Kier alpha value is -3.03. The zero-order valence-electron chi connectivity index (χ0n) is 10.8. The molecule has 1 fully saturated rings. The number of carbonyl (C=O) groups excluding carboxylic acids is 2. The molecule has 1 aromatic heterocycles. The van der Waals surface area contributed by atoms with Gasteiger partial charge in [-0.2, -0.15) is 0 Å². The highest BCUT2D eigenvalue weighted by molar-refractivity contribution is 6.09. The fourth-order valence-corrected chi connectivity index (χ4v) is 2.22. The summed E-state index contributed by atoms with van der Waals surface area (Å²) in [5.74, 6) is -0.322. The van der Waals surface area contributed by atoms with Crippen LogP contribution in [0, 0.1) is 0 Å². The minimum atomic E-state index is -1.18. The van der Waals surface area contributed by atoms with Crippen molar-refractivity contribution in [2.45, 2.75) is 6.42 Å². The van der Waals surface area contributed by atoms with Gasteiger partial charge in [0.15, 0.2) is 0 Å². The summed E-state index contributed by atoms with van der Waals surface area (Å²) in [6.07, 6.45) is 0.427. The Morgan fingerprint density at radius 2 is 2.19 bits per heavy atom. The van der Waals surface area contributed by atoms with Crippen LogP contribution in [0.3, 0.4) is 0 Å². The average Bonchev–Trinajstić information content (AvgIpc) is 2.81. The van der Waals surface area contributed by atoms with Crippen LogP contribution in [0.1, 0.15) is 6.42 Å². The molecule has 2 heterocycles. The summed E-state index contributed by atoms with van der Waals surface area (Å²) in [6.45, 7) is 0.246. The van der Waals surface area contributed by atoms with Crippen LogP contribution in [0.2, 0.25) is 0 Å². The lowest BCUT2D eigenvalue weighted by Crippen LogP contribution is -2.49. The van der Waals surface area contributed by atoms with E-state index in [-0.39, 0.29) is 18.9 Å². The monoisotopic (exact) mass is 289 g/mol. The smallest absolute Gasteiger partial charge is 0.409 e. The van der Waals surface area contributed by atoms with Crippen LogP contribution in [0.4, 0.5) is 21.0 Å². The summed E-state index contributed by atoms with van der Waals surface area (Å²) in [4.78, 5) is 35.1. The Morgan fingerprint density at radius 1 is 1.38 bits per heavy atom. The summed E-state index contributed by atoms with van der Waals surface area (Å²) in [5.41, 5.74) is 1.38. The topological polar surface area (TPSA) is 112 Å². The number of hydrogen-bond acceptors (Lipinski definition) is 4. The predicted octanol–water partition coefficient (Wildman–Crippen LogP) is 1.97. The number of imide groups is 1. The molecule has 21 heavy (non-hydrogen) atoms. The number of rotatable bonds is 2. The van der Waals surface area contributed by atoms with E-state index in [1.165, 1.54) is 11.2 Å². The Balaban J connectivity index is 2.00. The molecule has 3 rings (SSSR count). The van der Waals surface area contributed by atoms with Crippen LogP contribution in [-0.2, 0) is 4.79 Å². The number of anilines is 2. The first-order chi connectivity index (χ1) is 10.0. The summed E-state index contributed by atoms with van der Waals surface area (Å²) in [6, 6.07) is 4.22. The van der Waals surface area contributed by atoms with E-state index >= 15 is 0 Å². The summed E-state index contributed by atoms with van der Waals surface area (Å²) in [7, 11) is 0. The molecule has 0 radical (unpaired) electrons. The number of carboxylic acid groups (broad SMARTS) is 1. The minimum Gasteiger partial charge on any atom is -0.465 e. The average molecular weight is 289 g/mol. The highest BCUT2D eigenvalue weighted by Gasteiger charge is 2.26. The lowest BCUT2D eigenvalue weighted by atomic mass is 10.2. The number of amides is 4. The minimum absolute atomic E-state index is 0.200. The lowest BCUT2D eigenvalue weighted by molar-refractivity contribution is -0.120. The van der Waals surface area contributed by atoms with E-state index < -0.39 is 12.1 Å². The molecule has 4 amide bonds. The van der Waals surface area contributed by atoms with E-state index in [0.717, 1.165) is 0 Å². The summed E-state index contributed by atoms with van der Waals surface area (Å²) < 4.78 is 5.36. The summed E-state index contributed by atoms with van der Waals surface area (Å²) >= 11 is 0. The molecule has 3 N–H and O–H groups in total. The maximum absolute atomic E-state index is 11.9. The number of nitrogens with one attached hydrogen (secondary N) is 2. The third-order valence-corrected chi connectivity index (χ3v) is 3.15. The molecule has 108 valence electrons. The molecule has 1 aromatic carbocycles. The lowest BCUT2D eigenvalue weighted by Gasteiger charge is -2.25. The van der Waals surface area contributed by atoms with Gasteiger partial charge >= 0.3 is 12.1 Å². The largest absolute Gasteiger partial charge is 0.465 e. The zero-order valence-corrected chi connectivity index (χ0v) is 10.8. The van der Waals surface area contributed by atoms with Crippen LogP contribution in [0.5, 0.6) is 0 Å². The third kappa shape index (κ3) is 2.38. The van der Waals surface area contributed by atoms with E-state index in [1.807, 2.05) is 0 Å². The molecule has 2 aromatic rings. The molecule has 1 saturated heterocycles. The second-order valence-corrected chi connectivity index (χ2v) is 4.52. The van der Waals surface area contributed by atoms with E-state index in [1.54, 1.807) is 18.2 Å². The number of urea groups is 1. The van der Waals surface area contributed by atoms with Crippen LogP contribution in [0.25, 0.3) is 11.0 Å². The van der Waals surface area contributed by atoms with Gasteiger partial charge < -0.3 is 9.52 Å². The molecule has 0 saturated carbocycles. The first-order valence-electron chi connectivity index (χ1n) is 6.17. The van der Waals surface area contributed by atoms with Gasteiger partial charge in [0.1, 0.15) is 11.8 Å². The molecule has 1 aliphatic rings. The van der Waals surface area contributed by atoms with Crippen molar-refractivity contribution in [3.8, 4) is 0 Å². The van der Waals surface area contributed by atoms with Gasteiger partial charge in [0.2, 0.25) is 5.91 Å². The van der Waals surface area contributed by atoms with E-state index in [2.05, 4.69) is 10.6 Å². The van der Waals surface area contributed by atoms with Gasteiger partial charge in [0.05, 0.1) is 5.69 Å². The van der Waals surface area contributed by atoms with Crippen molar-refractivity contribution in [3.05, 3.63) is 24.5 Å². The Labute approximate surface area is 118 Å². The van der Waals surface area contributed by atoms with Crippen molar-refractivity contribution in [2.24, 2.45) is 0 Å². The third-order valence-electron chi connectivity index (χ3n) is 3.15. The molecule has 0 bridgehead atoms. The first kappa shape index (κ1) is 13.0. The molecular formula is C13H11N3O5. The molecule has 0 spiro atoms. The van der Waals surface area contributed by atoms with Crippen LogP contribution < -0.4 is 15.5 Å². The Morgan fingerprint density at radius 3 is 2.90 bits per heavy atom. The molecule has 0 unspecified atom stereocenters. The van der Waals surface area contributed by atoms with Gasteiger partial charge in [-0.15, -0.1) is 0 Å². The second kappa shape index (κ2) is 4.82. The van der Waals surface area contributed by atoms with Gasteiger partial charge in [0.25, 0.3) is 0 Å². The number of benzene rings is 1. The maximum atomic E-state index is 11.9. The quantitative estimate of drug-likeness (QED) is 0.782. The Bertz CT molecular complexity index is 751. The van der Waals surface area contributed by atoms with Crippen molar-refractivity contribution in [2.75, 3.05) is 16.8 Å².